The largest absolute Gasteiger partial charge is 0.460 e. The van der Waals surface area contributed by atoms with Crippen molar-refractivity contribution >= 4 is 28.9 Å². The van der Waals surface area contributed by atoms with Crippen molar-refractivity contribution in [2.75, 3.05) is 0 Å². The van der Waals surface area contributed by atoms with Gasteiger partial charge in [0, 0.05) is 17.0 Å². The molecule has 0 unspecified atom stereocenters. The number of nitro groups is 1. The summed E-state index contributed by atoms with van der Waals surface area (Å²) < 4.78 is 5.04. The molecule has 0 saturated heterocycles. The van der Waals surface area contributed by atoms with Gasteiger partial charge in [0.15, 0.2) is 0 Å². The zero-order chi connectivity index (χ0) is 17.0. The SMILES string of the molecule is Cc1nc(CC(=O)OCc2ccc(C(N)=O)cc2[N+](=O)[O-])cs1. The monoisotopic (exact) mass is 335 g/mol. The van der Waals surface area contributed by atoms with Crippen LogP contribution in [0, 0.1) is 17.0 Å². The van der Waals surface area contributed by atoms with Crippen LogP contribution in [0.1, 0.15) is 26.6 Å². The van der Waals surface area contributed by atoms with E-state index in [2.05, 4.69) is 4.98 Å². The van der Waals surface area contributed by atoms with Gasteiger partial charge in [-0.15, -0.1) is 11.3 Å². The molecule has 0 bridgehead atoms. The van der Waals surface area contributed by atoms with Gasteiger partial charge in [0.1, 0.15) is 6.61 Å². The molecule has 2 rings (SSSR count). The second kappa shape index (κ2) is 6.97. The minimum Gasteiger partial charge on any atom is -0.460 e. The summed E-state index contributed by atoms with van der Waals surface area (Å²) >= 11 is 1.42. The highest BCUT2D eigenvalue weighted by molar-refractivity contribution is 7.09. The van der Waals surface area contributed by atoms with E-state index in [0.717, 1.165) is 11.1 Å². The first-order valence-electron chi connectivity index (χ1n) is 6.50. The van der Waals surface area contributed by atoms with Gasteiger partial charge in [-0.1, -0.05) is 0 Å². The minimum atomic E-state index is -0.768. The molecule has 0 saturated carbocycles. The van der Waals surface area contributed by atoms with Crippen molar-refractivity contribution < 1.29 is 19.2 Å². The Morgan fingerprint density at radius 3 is 2.74 bits per heavy atom. The fraction of sp³-hybridized carbons (Fsp3) is 0.214. The average Bonchev–Trinajstić information content (AvgIpc) is 2.89. The van der Waals surface area contributed by atoms with Gasteiger partial charge in [0.2, 0.25) is 5.91 Å². The molecule has 1 aromatic heterocycles. The maximum absolute atomic E-state index is 11.7. The number of hydrogen-bond acceptors (Lipinski definition) is 7. The topological polar surface area (TPSA) is 125 Å². The lowest BCUT2D eigenvalue weighted by atomic mass is 10.1. The van der Waals surface area contributed by atoms with Crippen LogP contribution in [0.15, 0.2) is 23.6 Å². The van der Waals surface area contributed by atoms with Crippen molar-refractivity contribution in [3.8, 4) is 0 Å². The number of amides is 1. The Hall–Kier alpha value is -2.81. The Kier molecular flexibility index (Phi) is 5.02. The van der Waals surface area contributed by atoms with Crippen LogP contribution in [0.25, 0.3) is 0 Å². The van der Waals surface area contributed by atoms with E-state index in [1.165, 1.54) is 23.5 Å². The first-order valence-corrected chi connectivity index (χ1v) is 7.38. The maximum atomic E-state index is 11.7. The molecule has 0 aliphatic carbocycles. The lowest BCUT2D eigenvalue weighted by Crippen LogP contribution is -2.13. The van der Waals surface area contributed by atoms with Crippen molar-refractivity contribution in [2.45, 2.75) is 20.0 Å². The molecule has 0 aliphatic heterocycles. The number of benzene rings is 1. The van der Waals surface area contributed by atoms with Crippen molar-refractivity contribution in [3.63, 3.8) is 0 Å². The number of rotatable bonds is 6. The van der Waals surface area contributed by atoms with Crippen LogP contribution in [-0.2, 0) is 22.6 Å². The van der Waals surface area contributed by atoms with Gasteiger partial charge in [-0.3, -0.25) is 19.7 Å². The molecule has 0 spiro atoms. The van der Waals surface area contributed by atoms with E-state index >= 15 is 0 Å². The molecule has 0 atom stereocenters. The predicted octanol–water partition coefficient (Wildman–Crippen LogP) is 1.74. The summed E-state index contributed by atoms with van der Waals surface area (Å²) in [6.07, 6.45) is -0.00247. The van der Waals surface area contributed by atoms with Crippen molar-refractivity contribution in [2.24, 2.45) is 5.73 Å². The van der Waals surface area contributed by atoms with Gasteiger partial charge >= 0.3 is 5.97 Å². The first kappa shape index (κ1) is 16.6. The molecule has 0 radical (unpaired) electrons. The number of nitrogens with zero attached hydrogens (tertiary/aromatic N) is 2. The molecule has 23 heavy (non-hydrogen) atoms. The number of ether oxygens (including phenoxy) is 1. The Balaban J connectivity index is 2.06. The number of thiazole rings is 1. The molecule has 0 fully saturated rings. The fourth-order valence-corrected chi connectivity index (χ4v) is 2.47. The second-order valence-corrected chi connectivity index (χ2v) is 5.72. The standard InChI is InChI=1S/C14H13N3O5S/c1-8-16-11(7-23-8)5-13(18)22-6-10-3-2-9(14(15)19)4-12(10)17(20)21/h2-4,7H,5-6H2,1H3,(H2,15,19). The summed E-state index contributed by atoms with van der Waals surface area (Å²) in [4.78, 5) is 37.3. The number of nitrogens with two attached hydrogens (primary N) is 1. The summed E-state index contributed by atoms with van der Waals surface area (Å²) in [7, 11) is 0. The number of nitro benzene ring substituents is 1. The van der Waals surface area contributed by atoms with Crippen molar-refractivity contribution in [1.29, 1.82) is 0 Å². The van der Waals surface area contributed by atoms with E-state index in [0.29, 0.717) is 5.69 Å². The summed E-state index contributed by atoms with van der Waals surface area (Å²) in [6, 6.07) is 3.76. The van der Waals surface area contributed by atoms with Crippen LogP contribution in [0.5, 0.6) is 0 Å². The Morgan fingerprint density at radius 1 is 1.43 bits per heavy atom. The van der Waals surface area contributed by atoms with Gasteiger partial charge in [0.05, 0.1) is 27.6 Å². The molecule has 0 aliphatic rings. The van der Waals surface area contributed by atoms with Crippen LogP contribution in [0.3, 0.4) is 0 Å². The first-order chi connectivity index (χ1) is 10.9. The zero-order valence-corrected chi connectivity index (χ0v) is 13.0. The molecular formula is C14H13N3O5S. The highest BCUT2D eigenvalue weighted by Gasteiger charge is 2.18. The second-order valence-electron chi connectivity index (χ2n) is 4.66. The Labute approximate surface area is 135 Å². The molecule has 2 aromatic rings. The molecule has 1 aromatic carbocycles. The van der Waals surface area contributed by atoms with Crippen molar-refractivity contribution in [3.05, 3.63) is 55.5 Å². The van der Waals surface area contributed by atoms with E-state index in [-0.39, 0.29) is 29.8 Å². The molecule has 9 heteroatoms. The lowest BCUT2D eigenvalue weighted by Gasteiger charge is -2.06. The lowest BCUT2D eigenvalue weighted by molar-refractivity contribution is -0.385. The highest BCUT2D eigenvalue weighted by atomic mass is 32.1. The highest BCUT2D eigenvalue weighted by Crippen LogP contribution is 2.21. The van der Waals surface area contributed by atoms with Crippen LogP contribution < -0.4 is 5.73 Å². The minimum absolute atomic E-state index is 0.00247. The van der Waals surface area contributed by atoms with Gasteiger partial charge in [0.25, 0.3) is 5.69 Å². The maximum Gasteiger partial charge on any atom is 0.312 e. The average molecular weight is 335 g/mol. The van der Waals surface area contributed by atoms with Gasteiger partial charge < -0.3 is 10.5 Å². The number of carbonyl (C=O) groups is 2. The van der Waals surface area contributed by atoms with Gasteiger partial charge in [-0.25, -0.2) is 4.98 Å². The van der Waals surface area contributed by atoms with E-state index in [4.69, 9.17) is 10.5 Å². The quantitative estimate of drug-likeness (QED) is 0.487. The summed E-state index contributed by atoms with van der Waals surface area (Å²) in [5.74, 6) is -1.31. The molecule has 8 nitrogen and oxygen atoms in total. The van der Waals surface area contributed by atoms with Crippen molar-refractivity contribution in [1.82, 2.24) is 4.98 Å². The van der Waals surface area contributed by atoms with E-state index < -0.39 is 16.8 Å². The number of esters is 1. The Morgan fingerprint density at radius 2 is 2.17 bits per heavy atom. The number of aryl methyl sites for hydroxylation is 1. The van der Waals surface area contributed by atoms with Crippen LogP contribution >= 0.6 is 11.3 Å². The summed E-state index contributed by atoms with van der Waals surface area (Å²) in [6.45, 7) is 1.56. The number of aromatic nitrogens is 1. The molecule has 1 heterocycles. The normalized spacial score (nSPS) is 10.3. The number of primary amides is 1. The molecule has 2 N–H and O–H groups in total. The Bertz CT molecular complexity index is 772. The van der Waals surface area contributed by atoms with Gasteiger partial charge in [-0.2, -0.15) is 0 Å². The smallest absolute Gasteiger partial charge is 0.312 e. The van der Waals surface area contributed by atoms with Gasteiger partial charge in [-0.05, 0) is 19.1 Å². The van der Waals surface area contributed by atoms with E-state index in [1.54, 1.807) is 5.38 Å². The van der Waals surface area contributed by atoms with Crippen LogP contribution in [0.2, 0.25) is 0 Å². The third kappa shape index (κ3) is 4.33. The molecular weight excluding hydrogens is 322 g/mol. The summed E-state index contributed by atoms with van der Waals surface area (Å²) in [5.41, 5.74) is 5.56. The van der Waals surface area contributed by atoms with Crippen LogP contribution in [-0.4, -0.2) is 21.8 Å². The molecule has 120 valence electrons. The fourth-order valence-electron chi connectivity index (χ4n) is 1.86. The number of carbonyl (C=O) groups excluding carboxylic acids is 2. The zero-order valence-electron chi connectivity index (χ0n) is 12.1. The number of hydrogen-bond donors (Lipinski definition) is 1. The summed E-state index contributed by atoms with van der Waals surface area (Å²) in [5, 5.41) is 13.6. The van der Waals surface area contributed by atoms with E-state index in [9.17, 15) is 19.7 Å². The van der Waals surface area contributed by atoms with E-state index in [1.807, 2.05) is 6.92 Å². The third-order valence-corrected chi connectivity index (χ3v) is 3.77. The van der Waals surface area contributed by atoms with Crippen LogP contribution in [0.4, 0.5) is 5.69 Å². The third-order valence-electron chi connectivity index (χ3n) is 2.95. The predicted molar refractivity (Wildman–Crippen MR) is 82.0 cm³/mol. The molecule has 1 amide bonds.